The molecule has 13 heteroatoms. The van der Waals surface area contributed by atoms with E-state index in [1.165, 1.54) is 231 Å². The van der Waals surface area contributed by atoms with E-state index in [1.807, 2.05) is 0 Å². The highest BCUT2D eigenvalue weighted by Gasteiger charge is 2.48. The minimum absolute atomic E-state index is 0.0457. The quantitative estimate of drug-likeness (QED) is 0.0258. The first-order chi connectivity index (χ1) is 34.1. The van der Waals surface area contributed by atoms with E-state index < -0.39 is 53.8 Å². The number of carbonyl (C=O) groups excluding carboxylic acids is 1. The lowest BCUT2D eigenvalue weighted by Crippen LogP contribution is -2.60. The Kier molecular flexibility index (Phi) is 47.0. The van der Waals surface area contributed by atoms with Crippen molar-refractivity contribution in [3.8, 4) is 0 Å². The van der Waals surface area contributed by atoms with Crippen molar-refractivity contribution in [2.24, 2.45) is 0 Å². The SMILES string of the molecule is CCCCCCCCCCCCCCCCCCCCCCCCCCC(=O)OC(COCCCCCCCCCCCCCCCCCCCCC)COC1OC(CO)C(O)C(OS(=O)(=O)O)C1O. The summed E-state index contributed by atoms with van der Waals surface area (Å²) < 4.78 is 59.5. The van der Waals surface area contributed by atoms with Crippen molar-refractivity contribution in [1.82, 2.24) is 0 Å². The maximum absolute atomic E-state index is 13.0. The van der Waals surface area contributed by atoms with Crippen molar-refractivity contribution in [1.29, 1.82) is 0 Å². The third-order valence-electron chi connectivity index (χ3n) is 14.2. The Balaban J connectivity index is 2.25. The average Bonchev–Trinajstić information content (AvgIpc) is 3.34. The normalized spacial score (nSPS) is 19.0. The molecule has 1 fully saturated rings. The molecule has 0 spiro atoms. The lowest BCUT2D eigenvalue weighted by Gasteiger charge is -2.41. The zero-order chi connectivity index (χ0) is 51.0. The smallest absolute Gasteiger partial charge is 0.397 e. The molecule has 0 bridgehead atoms. The second-order valence-corrected chi connectivity index (χ2v) is 22.0. The van der Waals surface area contributed by atoms with Crippen molar-refractivity contribution < 1.29 is 56.2 Å². The number of esters is 1. The molecule has 0 aromatic rings. The molecule has 0 saturated carbocycles. The third kappa shape index (κ3) is 41.5. The van der Waals surface area contributed by atoms with Gasteiger partial charge >= 0.3 is 16.4 Å². The summed E-state index contributed by atoms with van der Waals surface area (Å²) >= 11 is 0. The second-order valence-electron chi connectivity index (χ2n) is 21.0. The number of carbonyl (C=O) groups is 1. The number of rotatable bonds is 54. The van der Waals surface area contributed by atoms with Crippen LogP contribution in [-0.2, 0) is 38.3 Å². The number of ether oxygens (including phenoxy) is 4. The van der Waals surface area contributed by atoms with Crippen LogP contribution in [0.4, 0.5) is 0 Å². The Bertz CT molecular complexity index is 1220. The van der Waals surface area contributed by atoms with Gasteiger partial charge in [-0.2, -0.15) is 8.42 Å². The van der Waals surface area contributed by atoms with Crippen molar-refractivity contribution in [2.75, 3.05) is 26.4 Å². The maximum atomic E-state index is 13.0. The van der Waals surface area contributed by atoms with E-state index in [1.54, 1.807) is 0 Å². The van der Waals surface area contributed by atoms with E-state index in [2.05, 4.69) is 18.0 Å². The fourth-order valence-electron chi connectivity index (χ4n) is 9.74. The van der Waals surface area contributed by atoms with Crippen molar-refractivity contribution in [2.45, 2.75) is 333 Å². The Labute approximate surface area is 430 Å². The summed E-state index contributed by atoms with van der Waals surface area (Å²) in [6.45, 7) is 4.08. The third-order valence-corrected chi connectivity index (χ3v) is 14.7. The molecule has 0 aromatic heterocycles. The first-order valence-electron chi connectivity index (χ1n) is 29.8. The van der Waals surface area contributed by atoms with Crippen molar-refractivity contribution >= 4 is 16.4 Å². The van der Waals surface area contributed by atoms with Gasteiger partial charge < -0.3 is 34.3 Å². The number of hydrogen-bond acceptors (Lipinski definition) is 11. The van der Waals surface area contributed by atoms with Gasteiger partial charge in [-0.25, -0.2) is 4.18 Å². The molecule has 4 N–H and O–H groups in total. The zero-order valence-corrected chi connectivity index (χ0v) is 46.2. The number of unbranched alkanes of at least 4 members (excludes halogenated alkanes) is 41. The van der Waals surface area contributed by atoms with Gasteiger partial charge in [0.05, 0.1) is 19.8 Å². The Morgan fingerprint density at radius 3 is 1.14 bits per heavy atom. The maximum Gasteiger partial charge on any atom is 0.397 e. The lowest BCUT2D eigenvalue weighted by atomic mass is 9.99. The highest BCUT2D eigenvalue weighted by atomic mass is 32.3. The van der Waals surface area contributed by atoms with Gasteiger partial charge in [-0.05, 0) is 12.8 Å². The fraction of sp³-hybridized carbons (Fsp3) is 0.982. The first kappa shape index (κ1) is 67.1. The molecule has 418 valence electrons. The van der Waals surface area contributed by atoms with Gasteiger partial charge in [-0.1, -0.05) is 277 Å². The van der Waals surface area contributed by atoms with Gasteiger partial charge in [-0.3, -0.25) is 9.35 Å². The minimum Gasteiger partial charge on any atom is -0.457 e. The summed E-state index contributed by atoms with van der Waals surface area (Å²) in [7, 11) is -5.06. The van der Waals surface area contributed by atoms with Gasteiger partial charge in [-0.15, -0.1) is 0 Å². The molecule has 0 aliphatic carbocycles. The van der Waals surface area contributed by atoms with Crippen LogP contribution in [0.2, 0.25) is 0 Å². The second kappa shape index (κ2) is 49.0. The largest absolute Gasteiger partial charge is 0.457 e. The summed E-state index contributed by atoms with van der Waals surface area (Å²) in [5.74, 6) is -0.388. The molecule has 0 aromatic carbocycles. The summed E-state index contributed by atoms with van der Waals surface area (Å²) in [4.78, 5) is 13.0. The van der Waals surface area contributed by atoms with Crippen molar-refractivity contribution in [3.63, 3.8) is 0 Å². The predicted octanol–water partition coefficient (Wildman–Crippen LogP) is 14.8. The molecule has 12 nitrogen and oxygen atoms in total. The molecule has 0 radical (unpaired) electrons. The molecular weight excluding hydrogens is 909 g/mol. The first-order valence-corrected chi connectivity index (χ1v) is 31.2. The van der Waals surface area contributed by atoms with Crippen LogP contribution in [0.5, 0.6) is 0 Å². The van der Waals surface area contributed by atoms with E-state index in [9.17, 15) is 33.1 Å². The van der Waals surface area contributed by atoms with Crippen LogP contribution in [0.3, 0.4) is 0 Å². The molecule has 1 heterocycles. The van der Waals surface area contributed by atoms with E-state index in [-0.39, 0.29) is 25.6 Å². The number of aliphatic hydroxyl groups is 3. The summed E-state index contributed by atoms with van der Waals surface area (Å²) in [6, 6.07) is 0. The van der Waals surface area contributed by atoms with E-state index >= 15 is 0 Å². The summed E-state index contributed by atoms with van der Waals surface area (Å²) in [5.41, 5.74) is 0. The number of hydrogen-bond donors (Lipinski definition) is 4. The molecule has 1 aliphatic rings. The van der Waals surface area contributed by atoms with E-state index in [0.717, 1.165) is 38.5 Å². The van der Waals surface area contributed by atoms with Gasteiger partial charge in [0.1, 0.15) is 30.5 Å². The average molecular weight is 1020 g/mol. The molecule has 1 aliphatic heterocycles. The Morgan fingerprint density at radius 2 is 0.814 bits per heavy atom. The minimum atomic E-state index is -5.06. The highest BCUT2D eigenvalue weighted by molar-refractivity contribution is 7.80. The molecule has 6 atom stereocenters. The standard InChI is InChI=1S/C57H112O12S/c1-3-5-7-9-11-13-15-17-19-21-23-24-25-26-27-28-30-32-34-36-38-40-42-44-46-53(59)67-51(50-66-57-55(61)56(69-70(62,63)64)54(60)52(48-58)68-57)49-65-47-45-43-41-39-37-35-33-31-29-22-20-18-16-14-12-10-8-6-4-2/h51-52,54-58,60-61H,3-50H2,1-2H3,(H,62,63,64). The van der Waals surface area contributed by atoms with Gasteiger partial charge in [0.25, 0.3) is 0 Å². The van der Waals surface area contributed by atoms with Crippen LogP contribution >= 0.6 is 0 Å². The zero-order valence-electron chi connectivity index (χ0n) is 45.4. The Morgan fingerprint density at radius 1 is 0.486 bits per heavy atom. The van der Waals surface area contributed by atoms with Crippen LogP contribution in [0.25, 0.3) is 0 Å². The molecule has 0 amide bonds. The van der Waals surface area contributed by atoms with Crippen LogP contribution < -0.4 is 0 Å². The molecular formula is C57H112O12S. The number of aliphatic hydroxyl groups excluding tert-OH is 3. The molecule has 6 unspecified atom stereocenters. The van der Waals surface area contributed by atoms with E-state index in [0.29, 0.717) is 13.0 Å². The van der Waals surface area contributed by atoms with E-state index in [4.69, 9.17) is 18.9 Å². The van der Waals surface area contributed by atoms with Crippen LogP contribution in [-0.4, -0.2) is 97.5 Å². The van der Waals surface area contributed by atoms with Crippen LogP contribution in [0.15, 0.2) is 0 Å². The topological polar surface area (TPSA) is 178 Å². The van der Waals surface area contributed by atoms with Crippen LogP contribution in [0.1, 0.15) is 296 Å². The predicted molar refractivity (Wildman–Crippen MR) is 285 cm³/mol. The van der Waals surface area contributed by atoms with Crippen LogP contribution in [0, 0.1) is 0 Å². The molecule has 1 rings (SSSR count). The lowest BCUT2D eigenvalue weighted by molar-refractivity contribution is -0.301. The van der Waals surface area contributed by atoms with Gasteiger partial charge in [0, 0.05) is 13.0 Å². The molecule has 70 heavy (non-hydrogen) atoms. The van der Waals surface area contributed by atoms with Crippen molar-refractivity contribution in [3.05, 3.63) is 0 Å². The molecule has 1 saturated heterocycles. The fourth-order valence-corrected chi connectivity index (χ4v) is 10.2. The highest BCUT2D eigenvalue weighted by Crippen LogP contribution is 2.26. The van der Waals surface area contributed by atoms with Gasteiger partial charge in [0.2, 0.25) is 0 Å². The monoisotopic (exact) mass is 1020 g/mol. The van der Waals surface area contributed by atoms with Gasteiger partial charge in [0.15, 0.2) is 6.29 Å². The summed E-state index contributed by atoms with van der Waals surface area (Å²) in [6.07, 6.45) is 47.2. The Hall–Kier alpha value is -0.900. The summed E-state index contributed by atoms with van der Waals surface area (Å²) in [5, 5.41) is 30.8.